The third-order valence-corrected chi connectivity index (χ3v) is 8.26. The Morgan fingerprint density at radius 2 is 1.89 bits per heavy atom. The van der Waals surface area contributed by atoms with E-state index in [9.17, 15) is 4.79 Å². The molecule has 9 heteroatoms. The summed E-state index contributed by atoms with van der Waals surface area (Å²) in [5.41, 5.74) is 0.937. The van der Waals surface area contributed by atoms with Crippen LogP contribution in [-0.4, -0.2) is 70.5 Å². The number of hydrogen-bond donors (Lipinski definition) is 1. The third-order valence-electron chi connectivity index (χ3n) is 8.26. The number of amides is 1. The highest BCUT2D eigenvalue weighted by molar-refractivity contribution is 5.97. The van der Waals surface area contributed by atoms with Gasteiger partial charge in [0.15, 0.2) is 0 Å². The summed E-state index contributed by atoms with van der Waals surface area (Å²) in [6.07, 6.45) is 9.06. The van der Waals surface area contributed by atoms with Crippen LogP contribution in [-0.2, 0) is 4.79 Å². The highest BCUT2D eigenvalue weighted by Crippen LogP contribution is 2.44. The first kappa shape index (κ1) is 23.9. The Hall–Kier alpha value is -3.49. The Kier molecular flexibility index (Phi) is 5.88. The number of pyridine rings is 2. The Morgan fingerprint density at radius 1 is 1.05 bits per heavy atom. The molecule has 0 bridgehead atoms. The van der Waals surface area contributed by atoms with Crippen molar-refractivity contribution in [2.45, 2.75) is 46.0 Å². The van der Waals surface area contributed by atoms with Crippen molar-refractivity contribution in [3.05, 3.63) is 36.3 Å². The van der Waals surface area contributed by atoms with Crippen LogP contribution in [0, 0.1) is 11.3 Å². The van der Waals surface area contributed by atoms with Gasteiger partial charge in [0.2, 0.25) is 11.9 Å². The minimum absolute atomic E-state index is 0.245. The van der Waals surface area contributed by atoms with Gasteiger partial charge in [-0.1, -0.05) is 20.8 Å². The number of carbonyl (C=O) groups is 1. The highest BCUT2D eigenvalue weighted by Gasteiger charge is 2.54. The molecule has 0 saturated carbocycles. The molecule has 9 nitrogen and oxygen atoms in total. The molecule has 3 saturated heterocycles. The maximum atomic E-state index is 12.7. The number of carbonyl (C=O) groups excluding carboxylic acids is 1. The van der Waals surface area contributed by atoms with Crippen molar-refractivity contribution in [2.75, 3.05) is 54.9 Å². The maximum absolute atomic E-state index is 12.7. The smallest absolute Gasteiger partial charge is 0.232 e. The quantitative estimate of drug-likeness (QED) is 0.558. The maximum Gasteiger partial charge on any atom is 0.232 e. The molecular formula is C28H36N8O. The number of nitrogens with zero attached hydrogens (tertiary/aromatic N) is 7. The number of rotatable bonds is 5. The number of fused-ring (bicyclic) bond motifs is 1. The van der Waals surface area contributed by atoms with Gasteiger partial charge in [0.25, 0.3) is 0 Å². The van der Waals surface area contributed by atoms with Crippen LogP contribution in [0.4, 0.5) is 23.4 Å². The van der Waals surface area contributed by atoms with E-state index in [1.807, 2.05) is 36.6 Å². The molecule has 6 heterocycles. The SMILES string of the molecule is CC1CCCN(c2nccc(Nc3cc4c(C(C)C)cnc(N5CC6(CCN(C)C6=O)C5)c4cn3)n2)C1. The van der Waals surface area contributed by atoms with E-state index < -0.39 is 0 Å². The van der Waals surface area contributed by atoms with Gasteiger partial charge in [0, 0.05) is 63.7 Å². The average Bonchev–Trinajstić information content (AvgIpc) is 3.17. The van der Waals surface area contributed by atoms with Crippen molar-refractivity contribution in [3.63, 3.8) is 0 Å². The van der Waals surface area contributed by atoms with Crippen LogP contribution < -0.4 is 15.1 Å². The van der Waals surface area contributed by atoms with Crippen molar-refractivity contribution in [1.29, 1.82) is 0 Å². The van der Waals surface area contributed by atoms with Gasteiger partial charge < -0.3 is 20.0 Å². The lowest BCUT2D eigenvalue weighted by Crippen LogP contribution is -2.60. The van der Waals surface area contributed by atoms with Crippen LogP contribution in [0.25, 0.3) is 10.8 Å². The van der Waals surface area contributed by atoms with Gasteiger partial charge in [0.05, 0.1) is 5.41 Å². The summed E-state index contributed by atoms with van der Waals surface area (Å²) in [5.74, 6) is 4.40. The van der Waals surface area contributed by atoms with Crippen LogP contribution in [0.1, 0.15) is 51.5 Å². The summed E-state index contributed by atoms with van der Waals surface area (Å²) in [5, 5.41) is 5.56. The van der Waals surface area contributed by atoms with Crippen molar-refractivity contribution in [1.82, 2.24) is 24.8 Å². The number of piperidine rings is 1. The summed E-state index contributed by atoms with van der Waals surface area (Å²) in [6, 6.07) is 3.99. The molecule has 1 atom stereocenters. The zero-order valence-electron chi connectivity index (χ0n) is 22.2. The first-order valence-corrected chi connectivity index (χ1v) is 13.5. The van der Waals surface area contributed by atoms with Gasteiger partial charge in [0.1, 0.15) is 17.5 Å². The van der Waals surface area contributed by atoms with Crippen LogP contribution in [0.5, 0.6) is 0 Å². The van der Waals surface area contributed by atoms with E-state index in [-0.39, 0.29) is 11.3 Å². The molecule has 3 aliphatic rings. The first-order valence-electron chi connectivity index (χ1n) is 13.5. The average molecular weight is 501 g/mol. The van der Waals surface area contributed by atoms with Gasteiger partial charge >= 0.3 is 0 Å². The van der Waals surface area contributed by atoms with Crippen LogP contribution in [0.2, 0.25) is 0 Å². The van der Waals surface area contributed by atoms with Gasteiger partial charge in [-0.05, 0) is 54.2 Å². The molecule has 3 aromatic heterocycles. The molecular weight excluding hydrogens is 464 g/mol. The van der Waals surface area contributed by atoms with E-state index >= 15 is 0 Å². The number of aromatic nitrogens is 4. The molecule has 1 N–H and O–H groups in total. The molecule has 1 amide bonds. The number of likely N-dealkylation sites (tertiary alicyclic amines) is 1. The van der Waals surface area contributed by atoms with Gasteiger partial charge in [-0.15, -0.1) is 0 Å². The molecule has 0 radical (unpaired) electrons. The predicted molar refractivity (Wildman–Crippen MR) is 146 cm³/mol. The third kappa shape index (κ3) is 4.24. The lowest BCUT2D eigenvalue weighted by Gasteiger charge is -2.47. The van der Waals surface area contributed by atoms with Crippen LogP contribution >= 0.6 is 0 Å². The minimum Gasteiger partial charge on any atom is -0.354 e. The molecule has 6 rings (SSSR count). The zero-order valence-corrected chi connectivity index (χ0v) is 22.2. The summed E-state index contributed by atoms with van der Waals surface area (Å²) in [7, 11) is 1.90. The monoisotopic (exact) mass is 500 g/mol. The minimum atomic E-state index is -0.245. The lowest BCUT2D eigenvalue weighted by molar-refractivity contribution is -0.136. The van der Waals surface area contributed by atoms with Crippen LogP contribution in [0.15, 0.2) is 30.7 Å². The molecule has 194 valence electrons. The van der Waals surface area contributed by atoms with Crippen molar-refractivity contribution in [3.8, 4) is 0 Å². The Morgan fingerprint density at radius 3 is 2.62 bits per heavy atom. The van der Waals surface area contributed by atoms with Crippen molar-refractivity contribution >= 4 is 40.1 Å². The summed E-state index contributed by atoms with van der Waals surface area (Å²) >= 11 is 0. The second-order valence-corrected chi connectivity index (χ2v) is 11.5. The van der Waals surface area contributed by atoms with Crippen molar-refractivity contribution in [2.24, 2.45) is 11.3 Å². The number of nitrogens with one attached hydrogen (secondary N) is 1. The van der Waals surface area contributed by atoms with E-state index in [0.717, 1.165) is 73.3 Å². The second-order valence-electron chi connectivity index (χ2n) is 11.5. The zero-order chi connectivity index (χ0) is 25.7. The summed E-state index contributed by atoms with van der Waals surface area (Å²) in [6.45, 7) is 10.9. The predicted octanol–water partition coefficient (Wildman–Crippen LogP) is 4.19. The largest absolute Gasteiger partial charge is 0.354 e. The fourth-order valence-corrected chi connectivity index (χ4v) is 6.12. The van der Waals surface area contributed by atoms with E-state index in [2.05, 4.69) is 46.9 Å². The van der Waals surface area contributed by atoms with Gasteiger partial charge in [-0.3, -0.25) is 4.79 Å². The highest BCUT2D eigenvalue weighted by atomic mass is 16.2. The number of anilines is 4. The second kappa shape index (κ2) is 9.11. The molecule has 0 aromatic carbocycles. The van der Waals surface area contributed by atoms with E-state index in [1.165, 1.54) is 18.4 Å². The molecule has 3 aliphatic heterocycles. The molecule has 0 aliphatic carbocycles. The van der Waals surface area contributed by atoms with E-state index in [0.29, 0.717) is 11.8 Å². The fourth-order valence-electron chi connectivity index (χ4n) is 6.12. The van der Waals surface area contributed by atoms with E-state index in [1.54, 1.807) is 0 Å². The lowest BCUT2D eigenvalue weighted by atomic mass is 9.78. The van der Waals surface area contributed by atoms with Crippen molar-refractivity contribution < 1.29 is 4.79 Å². The standard InChI is InChI=1S/C28H36N8O/c1-18(2)21-13-31-25(36-16-28(17-36)8-11-34(4)26(28)37)22-14-30-24(12-20(21)22)32-23-7-9-29-27(33-23)35-10-5-6-19(3)15-35/h7,9,12-14,18-19H,5-6,8,10-11,15-17H2,1-4H3,(H,29,30,32,33). The van der Waals surface area contributed by atoms with Gasteiger partial charge in [-0.25, -0.2) is 15.0 Å². The van der Waals surface area contributed by atoms with Crippen LogP contribution in [0.3, 0.4) is 0 Å². The molecule has 1 unspecified atom stereocenters. The summed E-state index contributed by atoms with van der Waals surface area (Å²) < 4.78 is 0. The Balaban J connectivity index is 1.28. The summed E-state index contributed by atoms with van der Waals surface area (Å²) in [4.78, 5) is 38.0. The Bertz CT molecular complexity index is 1340. The molecule has 37 heavy (non-hydrogen) atoms. The normalized spacial score (nSPS) is 21.3. The Labute approximate surface area is 218 Å². The fraction of sp³-hybridized carbons (Fsp3) is 0.536. The van der Waals surface area contributed by atoms with Gasteiger partial charge in [-0.2, -0.15) is 4.98 Å². The topological polar surface area (TPSA) is 90.4 Å². The molecule has 1 spiro atoms. The molecule has 3 fully saturated rings. The molecule has 3 aromatic rings. The number of hydrogen-bond acceptors (Lipinski definition) is 8. The van der Waals surface area contributed by atoms with E-state index in [4.69, 9.17) is 15.0 Å². The first-order chi connectivity index (χ1) is 17.8.